The lowest BCUT2D eigenvalue weighted by atomic mass is 10.2. The number of hydrogen-bond acceptors (Lipinski definition) is 7. The van der Waals surface area contributed by atoms with Crippen LogP contribution >= 0.6 is 11.3 Å². The highest BCUT2D eigenvalue weighted by molar-refractivity contribution is 7.88. The monoisotopic (exact) mass is 463 g/mol. The summed E-state index contributed by atoms with van der Waals surface area (Å²) >= 11 is 1.29. The molecular formula is C21H22FN3O4S2. The third-order valence-corrected chi connectivity index (χ3v) is 7.95. The normalized spacial score (nSPS) is 21.7. The van der Waals surface area contributed by atoms with E-state index in [0.29, 0.717) is 29.6 Å². The SMILES string of the molecule is CS(=O)(=O)N1C[C@@H]2C[C@H]1CN2CCOc1ccc(Oc2nc3c(F)cccc3s2)cc1. The molecular weight excluding hydrogens is 441 g/mol. The Balaban J connectivity index is 1.12. The van der Waals surface area contributed by atoms with Crippen LogP contribution in [-0.4, -0.2) is 67.2 Å². The maximum atomic E-state index is 13.8. The molecule has 2 atom stereocenters. The molecule has 3 aromatic rings. The number of sulfonamides is 1. The van der Waals surface area contributed by atoms with Gasteiger partial charge in [0, 0.05) is 31.7 Å². The zero-order valence-corrected chi connectivity index (χ0v) is 18.5. The van der Waals surface area contributed by atoms with Crippen molar-refractivity contribution >= 4 is 31.6 Å². The number of fused-ring (bicyclic) bond motifs is 3. The van der Waals surface area contributed by atoms with Gasteiger partial charge < -0.3 is 9.47 Å². The van der Waals surface area contributed by atoms with E-state index < -0.39 is 10.0 Å². The van der Waals surface area contributed by atoms with E-state index in [2.05, 4.69) is 9.88 Å². The van der Waals surface area contributed by atoms with Gasteiger partial charge in [0.15, 0.2) is 0 Å². The fourth-order valence-electron chi connectivity index (χ4n) is 4.32. The van der Waals surface area contributed by atoms with Gasteiger partial charge in [0.2, 0.25) is 10.0 Å². The van der Waals surface area contributed by atoms with Crippen LogP contribution in [0.5, 0.6) is 16.7 Å². The molecule has 2 aromatic carbocycles. The van der Waals surface area contributed by atoms with Crippen molar-refractivity contribution in [3.63, 3.8) is 0 Å². The third kappa shape index (κ3) is 4.25. The smallest absolute Gasteiger partial charge is 0.279 e. The number of para-hydroxylation sites is 1. The molecule has 2 bridgehead atoms. The average Bonchev–Trinajstić information content (AvgIpc) is 3.43. The Morgan fingerprint density at radius 3 is 2.58 bits per heavy atom. The molecule has 0 unspecified atom stereocenters. The van der Waals surface area contributed by atoms with E-state index in [1.807, 2.05) is 18.2 Å². The minimum absolute atomic E-state index is 0.0902. The second-order valence-corrected chi connectivity index (χ2v) is 10.8. The average molecular weight is 464 g/mol. The molecule has 2 saturated heterocycles. The Kier molecular flexibility index (Phi) is 5.33. The van der Waals surface area contributed by atoms with Crippen molar-refractivity contribution in [2.45, 2.75) is 18.5 Å². The third-order valence-electron chi connectivity index (χ3n) is 5.76. The largest absolute Gasteiger partial charge is 0.492 e. The predicted octanol–water partition coefficient (Wildman–Crippen LogP) is 3.32. The van der Waals surface area contributed by atoms with Crippen LogP contribution in [0.2, 0.25) is 0 Å². The van der Waals surface area contributed by atoms with Gasteiger partial charge in [-0.05, 0) is 42.8 Å². The highest BCUT2D eigenvalue weighted by Gasteiger charge is 2.46. The molecule has 5 rings (SSSR count). The van der Waals surface area contributed by atoms with E-state index in [0.717, 1.165) is 30.0 Å². The van der Waals surface area contributed by atoms with E-state index in [-0.39, 0.29) is 17.9 Å². The van der Waals surface area contributed by atoms with Crippen LogP contribution < -0.4 is 9.47 Å². The van der Waals surface area contributed by atoms with E-state index in [4.69, 9.17) is 9.47 Å². The van der Waals surface area contributed by atoms with Crippen molar-refractivity contribution in [2.24, 2.45) is 0 Å². The first-order valence-electron chi connectivity index (χ1n) is 10.0. The summed E-state index contributed by atoms with van der Waals surface area (Å²) in [5.74, 6) is 0.969. The van der Waals surface area contributed by atoms with Gasteiger partial charge in [-0.3, -0.25) is 4.90 Å². The first-order valence-corrected chi connectivity index (χ1v) is 12.7. The Labute approximate surface area is 184 Å². The molecule has 0 saturated carbocycles. The Morgan fingerprint density at radius 2 is 1.90 bits per heavy atom. The summed E-state index contributed by atoms with van der Waals surface area (Å²) in [7, 11) is -3.12. The number of likely N-dealkylation sites (tertiary alicyclic amines) is 1. The first-order chi connectivity index (χ1) is 14.9. The summed E-state index contributed by atoms with van der Waals surface area (Å²) in [6, 6.07) is 12.4. The van der Waals surface area contributed by atoms with Gasteiger partial charge in [-0.15, -0.1) is 0 Å². The molecule has 0 aliphatic carbocycles. The lowest BCUT2D eigenvalue weighted by Gasteiger charge is -2.32. The first kappa shape index (κ1) is 20.6. The van der Waals surface area contributed by atoms with Crippen LogP contribution in [-0.2, 0) is 10.0 Å². The number of benzene rings is 2. The van der Waals surface area contributed by atoms with Crippen molar-refractivity contribution in [2.75, 3.05) is 32.5 Å². The molecule has 31 heavy (non-hydrogen) atoms. The minimum Gasteiger partial charge on any atom is -0.492 e. The van der Waals surface area contributed by atoms with E-state index >= 15 is 0 Å². The van der Waals surface area contributed by atoms with Gasteiger partial charge in [-0.2, -0.15) is 9.29 Å². The number of piperazine rings is 1. The fraction of sp³-hybridized carbons (Fsp3) is 0.381. The Hall–Kier alpha value is -2.27. The van der Waals surface area contributed by atoms with E-state index in [1.165, 1.54) is 23.7 Å². The Morgan fingerprint density at radius 1 is 1.13 bits per heavy atom. The summed E-state index contributed by atoms with van der Waals surface area (Å²) in [4.78, 5) is 6.51. The van der Waals surface area contributed by atoms with Crippen molar-refractivity contribution in [3.05, 3.63) is 48.3 Å². The molecule has 0 radical (unpaired) electrons. The molecule has 0 N–H and O–H groups in total. The fourth-order valence-corrected chi connectivity index (χ4v) is 6.30. The van der Waals surface area contributed by atoms with Gasteiger partial charge in [-0.25, -0.2) is 12.8 Å². The molecule has 2 aliphatic rings. The number of hydrogen-bond donors (Lipinski definition) is 0. The quantitative estimate of drug-likeness (QED) is 0.535. The molecule has 1 aromatic heterocycles. The highest BCUT2D eigenvalue weighted by Crippen LogP contribution is 2.34. The summed E-state index contributed by atoms with van der Waals surface area (Å²) in [6.45, 7) is 2.62. The van der Waals surface area contributed by atoms with Crippen molar-refractivity contribution < 1.29 is 22.3 Å². The molecule has 7 nitrogen and oxygen atoms in total. The second kappa shape index (κ2) is 8.01. The number of ether oxygens (including phenoxy) is 2. The molecule has 0 amide bonds. The van der Waals surface area contributed by atoms with Crippen molar-refractivity contribution in [1.82, 2.24) is 14.2 Å². The number of thiazole rings is 1. The van der Waals surface area contributed by atoms with Gasteiger partial charge >= 0.3 is 0 Å². The molecule has 10 heteroatoms. The van der Waals surface area contributed by atoms with Gasteiger partial charge in [-0.1, -0.05) is 17.4 Å². The summed E-state index contributed by atoms with van der Waals surface area (Å²) in [6.07, 6.45) is 2.18. The standard InChI is InChI=1S/C21H22FN3O4S2/c1-31(26,27)25-13-14-11-15(25)12-24(14)9-10-28-16-5-7-17(8-6-16)29-21-23-20-18(22)3-2-4-19(20)30-21/h2-8,14-15H,9-13H2,1H3/t14-,15-/m0/s1. The molecule has 2 fully saturated rings. The van der Waals surface area contributed by atoms with Crippen LogP contribution in [0.25, 0.3) is 10.2 Å². The minimum atomic E-state index is -3.12. The topological polar surface area (TPSA) is 72.0 Å². The maximum Gasteiger partial charge on any atom is 0.279 e. The van der Waals surface area contributed by atoms with Crippen LogP contribution in [0.15, 0.2) is 42.5 Å². The van der Waals surface area contributed by atoms with Crippen LogP contribution in [0.3, 0.4) is 0 Å². The van der Waals surface area contributed by atoms with Gasteiger partial charge in [0.1, 0.15) is 29.4 Å². The maximum absolute atomic E-state index is 13.8. The van der Waals surface area contributed by atoms with Crippen LogP contribution in [0.4, 0.5) is 4.39 Å². The summed E-state index contributed by atoms with van der Waals surface area (Å²) in [5.41, 5.74) is 0.317. The van der Waals surface area contributed by atoms with Gasteiger partial charge in [0.25, 0.3) is 5.19 Å². The number of halogens is 1. The second-order valence-electron chi connectivity index (χ2n) is 7.86. The van der Waals surface area contributed by atoms with Crippen LogP contribution in [0, 0.1) is 5.82 Å². The van der Waals surface area contributed by atoms with E-state index in [1.54, 1.807) is 22.5 Å². The Bertz CT molecular complexity index is 1200. The summed E-state index contributed by atoms with van der Waals surface area (Å²) < 4.78 is 51.3. The lowest BCUT2D eigenvalue weighted by Crippen LogP contribution is -2.49. The van der Waals surface area contributed by atoms with Crippen molar-refractivity contribution in [1.29, 1.82) is 0 Å². The zero-order chi connectivity index (χ0) is 21.6. The molecule has 2 aliphatic heterocycles. The molecule has 164 valence electrons. The molecule has 0 spiro atoms. The van der Waals surface area contributed by atoms with Crippen LogP contribution in [0.1, 0.15) is 6.42 Å². The number of nitrogens with zero attached hydrogens (tertiary/aromatic N) is 3. The van der Waals surface area contributed by atoms with Crippen molar-refractivity contribution in [3.8, 4) is 16.7 Å². The summed E-state index contributed by atoms with van der Waals surface area (Å²) in [5, 5.41) is 0.390. The number of aromatic nitrogens is 1. The predicted molar refractivity (Wildman–Crippen MR) is 117 cm³/mol. The zero-order valence-electron chi connectivity index (χ0n) is 16.9. The lowest BCUT2D eigenvalue weighted by molar-refractivity contribution is 0.153. The highest BCUT2D eigenvalue weighted by atomic mass is 32.2. The van der Waals surface area contributed by atoms with E-state index in [9.17, 15) is 12.8 Å². The molecule has 3 heterocycles. The van der Waals surface area contributed by atoms with Gasteiger partial charge in [0.05, 0.1) is 11.0 Å². The number of rotatable bonds is 7.